The van der Waals surface area contributed by atoms with Gasteiger partial charge in [-0.2, -0.15) is 0 Å². The van der Waals surface area contributed by atoms with E-state index in [2.05, 4.69) is 0 Å². The highest BCUT2D eigenvalue weighted by molar-refractivity contribution is 5.58. The molecule has 0 spiro atoms. The smallest absolute Gasteiger partial charge is 0.154 e. The molecule has 3 aromatic rings. The van der Waals surface area contributed by atoms with Crippen LogP contribution in [0.15, 0.2) is 72.8 Å². The Hall–Kier alpha value is -3.02. The van der Waals surface area contributed by atoms with E-state index in [-0.39, 0.29) is 30.5 Å². The zero-order valence-corrected chi connectivity index (χ0v) is 14.0. The summed E-state index contributed by atoms with van der Waals surface area (Å²) in [5.74, 6) is -0.175. The van der Waals surface area contributed by atoms with E-state index in [1.54, 1.807) is 54.6 Å². The topological polar surface area (TPSA) is 90.2 Å². The molecule has 5 heteroatoms. The maximum Gasteiger partial charge on any atom is 0.154 e. The van der Waals surface area contributed by atoms with Crippen LogP contribution in [0.25, 0.3) is 0 Å². The lowest BCUT2D eigenvalue weighted by atomic mass is 9.78. The van der Waals surface area contributed by atoms with Crippen molar-refractivity contribution in [2.24, 2.45) is 0 Å². The quantitative estimate of drug-likeness (QED) is 0.512. The van der Waals surface area contributed by atoms with Crippen molar-refractivity contribution in [2.45, 2.75) is 5.60 Å². The van der Waals surface area contributed by atoms with Gasteiger partial charge in [-0.25, -0.2) is 0 Å². The van der Waals surface area contributed by atoms with Gasteiger partial charge in [-0.15, -0.1) is 0 Å². The Morgan fingerprint density at radius 1 is 0.615 bits per heavy atom. The lowest BCUT2D eigenvalue weighted by molar-refractivity contribution is -0.0102. The summed E-state index contributed by atoms with van der Waals surface area (Å²) >= 11 is 0. The number of benzene rings is 3. The Morgan fingerprint density at radius 2 is 0.962 bits per heavy atom. The summed E-state index contributed by atoms with van der Waals surface area (Å²) in [6.07, 6.45) is 0. The maximum atomic E-state index is 10.5. The highest BCUT2D eigenvalue weighted by Gasteiger charge is 2.43. The number of phenols is 3. The van der Waals surface area contributed by atoms with Crippen molar-refractivity contribution in [3.63, 3.8) is 0 Å². The first-order valence-corrected chi connectivity index (χ1v) is 8.21. The zero-order chi connectivity index (χ0) is 18.6. The van der Waals surface area contributed by atoms with Crippen molar-refractivity contribution in [3.8, 4) is 17.2 Å². The van der Waals surface area contributed by atoms with Crippen LogP contribution in [0, 0.1) is 0 Å². The maximum absolute atomic E-state index is 10.5. The van der Waals surface area contributed by atoms with Crippen molar-refractivity contribution >= 4 is 0 Å². The molecular formula is C21H20O5. The molecule has 3 rings (SSSR count). The van der Waals surface area contributed by atoms with Gasteiger partial charge in [0.2, 0.25) is 0 Å². The average Bonchev–Trinajstić information content (AvgIpc) is 2.65. The van der Waals surface area contributed by atoms with Gasteiger partial charge in [0.1, 0.15) is 17.2 Å². The molecule has 0 fully saturated rings. The number of aliphatic hydroxyl groups excluding tert-OH is 1. The standard InChI is InChI=1S/C21H20O5/c22-13-14-26-21(15-7-1-4-10-18(15)23,16-8-2-5-11-19(16)24)17-9-3-6-12-20(17)25/h1-12,22-25H,13-14H2. The van der Waals surface area contributed by atoms with E-state index in [0.29, 0.717) is 16.7 Å². The van der Waals surface area contributed by atoms with E-state index >= 15 is 0 Å². The van der Waals surface area contributed by atoms with Gasteiger partial charge in [-0.1, -0.05) is 54.6 Å². The number of aromatic hydroxyl groups is 3. The van der Waals surface area contributed by atoms with Gasteiger partial charge in [-0.3, -0.25) is 0 Å². The van der Waals surface area contributed by atoms with Gasteiger partial charge >= 0.3 is 0 Å². The summed E-state index contributed by atoms with van der Waals surface area (Å²) < 4.78 is 6.05. The van der Waals surface area contributed by atoms with E-state index in [1.807, 2.05) is 0 Å². The highest BCUT2D eigenvalue weighted by Crippen LogP contribution is 2.49. The largest absolute Gasteiger partial charge is 0.508 e. The Bertz CT molecular complexity index is 780. The molecule has 5 nitrogen and oxygen atoms in total. The number of hydrogen-bond donors (Lipinski definition) is 4. The lowest BCUT2D eigenvalue weighted by Gasteiger charge is -2.36. The van der Waals surface area contributed by atoms with Gasteiger partial charge in [-0.05, 0) is 18.2 Å². The molecule has 0 aliphatic rings. The second-order valence-corrected chi connectivity index (χ2v) is 5.80. The summed E-state index contributed by atoms with van der Waals surface area (Å²) in [6.45, 7) is -0.340. The van der Waals surface area contributed by atoms with Crippen molar-refractivity contribution in [2.75, 3.05) is 13.2 Å². The van der Waals surface area contributed by atoms with Crippen LogP contribution >= 0.6 is 0 Å². The fraction of sp³-hybridized carbons (Fsp3) is 0.143. The van der Waals surface area contributed by atoms with E-state index in [9.17, 15) is 20.4 Å². The molecule has 0 radical (unpaired) electrons. The van der Waals surface area contributed by atoms with Crippen molar-refractivity contribution in [1.82, 2.24) is 0 Å². The van der Waals surface area contributed by atoms with Crippen LogP contribution in [0.4, 0.5) is 0 Å². The van der Waals surface area contributed by atoms with Crippen LogP contribution in [0.5, 0.6) is 17.2 Å². The van der Waals surface area contributed by atoms with Crippen LogP contribution in [0.1, 0.15) is 16.7 Å². The molecule has 0 saturated carbocycles. The van der Waals surface area contributed by atoms with E-state index < -0.39 is 5.60 Å². The van der Waals surface area contributed by atoms with E-state index in [1.165, 1.54) is 18.2 Å². The molecule has 0 amide bonds. The monoisotopic (exact) mass is 352 g/mol. The second-order valence-electron chi connectivity index (χ2n) is 5.80. The molecule has 26 heavy (non-hydrogen) atoms. The van der Waals surface area contributed by atoms with Crippen molar-refractivity contribution in [1.29, 1.82) is 0 Å². The third-order valence-corrected chi connectivity index (χ3v) is 4.26. The Labute approximate surface area is 151 Å². The molecule has 0 unspecified atom stereocenters. The number of phenolic OH excluding ortho intramolecular Hbond substituents is 3. The number of rotatable bonds is 6. The summed E-state index contributed by atoms with van der Waals surface area (Å²) in [5, 5.41) is 41.0. The van der Waals surface area contributed by atoms with Gasteiger partial charge in [0.15, 0.2) is 5.60 Å². The third kappa shape index (κ3) is 2.98. The minimum atomic E-state index is -1.51. The van der Waals surface area contributed by atoms with E-state index in [4.69, 9.17) is 4.74 Å². The lowest BCUT2D eigenvalue weighted by Crippen LogP contribution is -2.34. The average molecular weight is 352 g/mol. The van der Waals surface area contributed by atoms with Crippen molar-refractivity contribution < 1.29 is 25.2 Å². The zero-order valence-electron chi connectivity index (χ0n) is 14.0. The summed E-state index contributed by atoms with van der Waals surface area (Å²) in [6, 6.07) is 19.7. The van der Waals surface area contributed by atoms with Crippen LogP contribution in [0.3, 0.4) is 0 Å². The molecule has 3 aromatic carbocycles. The number of para-hydroxylation sites is 3. The molecule has 0 aromatic heterocycles. The molecule has 0 saturated heterocycles. The molecule has 0 aliphatic carbocycles. The van der Waals surface area contributed by atoms with Crippen LogP contribution in [-0.4, -0.2) is 33.6 Å². The van der Waals surface area contributed by atoms with Gasteiger partial charge in [0.25, 0.3) is 0 Å². The minimum Gasteiger partial charge on any atom is -0.508 e. The van der Waals surface area contributed by atoms with E-state index in [0.717, 1.165) is 0 Å². The fourth-order valence-electron chi connectivity index (χ4n) is 3.18. The van der Waals surface area contributed by atoms with Crippen molar-refractivity contribution in [3.05, 3.63) is 89.5 Å². The van der Waals surface area contributed by atoms with Crippen LogP contribution < -0.4 is 0 Å². The first-order valence-electron chi connectivity index (χ1n) is 8.21. The first-order chi connectivity index (χ1) is 12.6. The molecule has 0 aliphatic heterocycles. The Morgan fingerprint density at radius 3 is 1.27 bits per heavy atom. The highest BCUT2D eigenvalue weighted by atomic mass is 16.5. The first kappa shape index (κ1) is 17.8. The van der Waals surface area contributed by atoms with Gasteiger partial charge in [0, 0.05) is 16.7 Å². The third-order valence-electron chi connectivity index (χ3n) is 4.26. The second kappa shape index (κ2) is 7.47. The summed E-state index contributed by atoms with van der Waals surface area (Å²) in [5.41, 5.74) is -0.477. The van der Waals surface area contributed by atoms with Gasteiger partial charge in [0.05, 0.1) is 13.2 Å². The summed E-state index contributed by atoms with van der Waals surface area (Å²) in [7, 11) is 0. The Kier molecular flexibility index (Phi) is 5.11. The molecule has 134 valence electrons. The fourth-order valence-corrected chi connectivity index (χ4v) is 3.18. The molecule has 4 N–H and O–H groups in total. The molecular weight excluding hydrogens is 332 g/mol. The van der Waals surface area contributed by atoms with Crippen LogP contribution in [-0.2, 0) is 10.3 Å². The SMILES string of the molecule is OCCOC(c1ccccc1O)(c1ccccc1O)c1ccccc1O. The molecule has 0 bridgehead atoms. The number of ether oxygens (including phenoxy) is 1. The predicted octanol–water partition coefficient (Wildman–Crippen LogP) is 3.10. The Balaban J connectivity index is 2.41. The minimum absolute atomic E-state index is 0.0584. The summed E-state index contributed by atoms with van der Waals surface area (Å²) in [4.78, 5) is 0. The number of aliphatic hydroxyl groups is 1. The number of hydrogen-bond acceptors (Lipinski definition) is 5. The predicted molar refractivity (Wildman–Crippen MR) is 97.2 cm³/mol. The molecule has 0 heterocycles. The van der Waals surface area contributed by atoms with Crippen LogP contribution in [0.2, 0.25) is 0 Å². The molecule has 0 atom stereocenters. The van der Waals surface area contributed by atoms with Gasteiger partial charge < -0.3 is 25.2 Å². The normalized spacial score (nSPS) is 11.4.